The molecule has 26 heavy (non-hydrogen) atoms. The summed E-state index contributed by atoms with van der Waals surface area (Å²) in [5, 5.41) is 3.01. The number of ether oxygens (including phenoxy) is 2. The van der Waals surface area contributed by atoms with Gasteiger partial charge in [-0.2, -0.15) is 0 Å². The summed E-state index contributed by atoms with van der Waals surface area (Å²) >= 11 is 0. The molecule has 2 aromatic carbocycles. The molecule has 5 nitrogen and oxygen atoms in total. The molecule has 3 rings (SSSR count). The molecule has 1 aliphatic heterocycles. The molecular weight excluding hydrogens is 328 g/mol. The van der Waals surface area contributed by atoms with Gasteiger partial charge in [0.15, 0.2) is 6.10 Å². The molecule has 1 unspecified atom stereocenters. The Hall–Kier alpha value is -2.37. The first kappa shape index (κ1) is 18.4. The molecule has 138 valence electrons. The van der Waals surface area contributed by atoms with Crippen LogP contribution in [0.5, 0.6) is 5.75 Å². The van der Waals surface area contributed by atoms with Crippen LogP contribution in [0.15, 0.2) is 48.5 Å². The van der Waals surface area contributed by atoms with E-state index in [0.29, 0.717) is 5.75 Å². The van der Waals surface area contributed by atoms with Crippen LogP contribution in [0.25, 0.3) is 0 Å². The molecule has 1 N–H and O–H groups in total. The lowest BCUT2D eigenvalue weighted by molar-refractivity contribution is -0.122. The van der Waals surface area contributed by atoms with E-state index in [0.717, 1.165) is 49.7 Å². The maximum absolute atomic E-state index is 12.6. The van der Waals surface area contributed by atoms with Gasteiger partial charge in [-0.25, -0.2) is 0 Å². The van der Waals surface area contributed by atoms with Crippen LogP contribution >= 0.6 is 0 Å². The van der Waals surface area contributed by atoms with Crippen LogP contribution in [0.4, 0.5) is 5.69 Å². The van der Waals surface area contributed by atoms with Crippen LogP contribution in [0.2, 0.25) is 0 Å². The summed E-state index contributed by atoms with van der Waals surface area (Å²) in [5.41, 5.74) is 3.10. The molecule has 1 aliphatic rings. The van der Waals surface area contributed by atoms with Gasteiger partial charge in [0.25, 0.3) is 5.91 Å². The molecule has 2 aromatic rings. The predicted octanol–water partition coefficient (Wildman–Crippen LogP) is 3.23. The van der Waals surface area contributed by atoms with E-state index in [1.54, 1.807) is 6.92 Å². The fourth-order valence-electron chi connectivity index (χ4n) is 2.89. The van der Waals surface area contributed by atoms with Crippen molar-refractivity contribution in [3.05, 3.63) is 59.7 Å². The zero-order valence-corrected chi connectivity index (χ0v) is 15.4. The molecule has 0 saturated carbocycles. The van der Waals surface area contributed by atoms with E-state index in [1.807, 2.05) is 49.4 Å². The van der Waals surface area contributed by atoms with Gasteiger partial charge in [0, 0.05) is 25.3 Å². The Bertz CT molecular complexity index is 724. The minimum absolute atomic E-state index is 0.153. The summed E-state index contributed by atoms with van der Waals surface area (Å²) in [5.74, 6) is 0.542. The van der Waals surface area contributed by atoms with Crippen molar-refractivity contribution in [1.82, 2.24) is 4.90 Å². The number of nitrogens with zero attached hydrogens (tertiary/aromatic N) is 1. The van der Waals surface area contributed by atoms with Crippen molar-refractivity contribution in [3.8, 4) is 5.75 Å². The first-order chi connectivity index (χ1) is 12.6. The van der Waals surface area contributed by atoms with Crippen molar-refractivity contribution in [2.75, 3.05) is 31.6 Å². The van der Waals surface area contributed by atoms with Crippen LogP contribution < -0.4 is 10.1 Å². The molecule has 0 radical (unpaired) electrons. The lowest BCUT2D eigenvalue weighted by atomic mass is 10.1. The fourth-order valence-corrected chi connectivity index (χ4v) is 2.89. The summed E-state index contributed by atoms with van der Waals surface area (Å²) in [6.45, 7) is 7.93. The summed E-state index contributed by atoms with van der Waals surface area (Å²) in [7, 11) is 0. The van der Waals surface area contributed by atoms with Crippen molar-refractivity contribution in [2.45, 2.75) is 26.5 Å². The van der Waals surface area contributed by atoms with E-state index in [4.69, 9.17) is 9.47 Å². The van der Waals surface area contributed by atoms with Gasteiger partial charge in [0.2, 0.25) is 0 Å². The number of para-hydroxylation sites is 1. The molecular formula is C21H26N2O3. The van der Waals surface area contributed by atoms with Gasteiger partial charge in [-0.15, -0.1) is 0 Å². The molecule has 1 atom stereocenters. The Morgan fingerprint density at radius 2 is 1.85 bits per heavy atom. The summed E-state index contributed by atoms with van der Waals surface area (Å²) in [4.78, 5) is 14.9. The number of carbonyl (C=O) groups is 1. The second kappa shape index (κ2) is 8.83. The summed E-state index contributed by atoms with van der Waals surface area (Å²) in [6.07, 6.45) is -0.575. The Balaban J connectivity index is 1.62. The largest absolute Gasteiger partial charge is 0.481 e. The number of amides is 1. The molecule has 0 spiro atoms. The van der Waals surface area contributed by atoms with Gasteiger partial charge in [-0.3, -0.25) is 9.69 Å². The molecule has 1 heterocycles. The van der Waals surface area contributed by atoms with Gasteiger partial charge in [0.05, 0.1) is 13.2 Å². The van der Waals surface area contributed by atoms with Crippen molar-refractivity contribution in [1.29, 1.82) is 0 Å². The number of hydrogen-bond donors (Lipinski definition) is 1. The number of morpholine rings is 1. The van der Waals surface area contributed by atoms with Crippen LogP contribution in [-0.2, 0) is 16.1 Å². The third-order valence-electron chi connectivity index (χ3n) is 4.48. The summed E-state index contributed by atoms with van der Waals surface area (Å²) in [6, 6.07) is 15.6. The zero-order chi connectivity index (χ0) is 18.4. The Morgan fingerprint density at radius 1 is 1.15 bits per heavy atom. The summed E-state index contributed by atoms with van der Waals surface area (Å²) < 4.78 is 11.2. The first-order valence-electron chi connectivity index (χ1n) is 9.04. The molecule has 1 saturated heterocycles. The van der Waals surface area contributed by atoms with Gasteiger partial charge >= 0.3 is 0 Å². The quantitative estimate of drug-likeness (QED) is 0.865. The number of carbonyl (C=O) groups excluding carboxylic acids is 1. The minimum atomic E-state index is -0.575. The van der Waals surface area contributed by atoms with Crippen molar-refractivity contribution >= 4 is 11.6 Å². The van der Waals surface area contributed by atoms with Crippen molar-refractivity contribution in [3.63, 3.8) is 0 Å². The highest BCUT2D eigenvalue weighted by molar-refractivity contribution is 5.94. The Kier molecular flexibility index (Phi) is 6.26. The highest BCUT2D eigenvalue weighted by Gasteiger charge is 2.18. The topological polar surface area (TPSA) is 50.8 Å². The normalized spacial score (nSPS) is 16.1. The van der Waals surface area contributed by atoms with Gasteiger partial charge < -0.3 is 14.8 Å². The molecule has 0 aromatic heterocycles. The minimum Gasteiger partial charge on any atom is -0.481 e. The highest BCUT2D eigenvalue weighted by Crippen LogP contribution is 2.19. The molecule has 1 amide bonds. The predicted molar refractivity (Wildman–Crippen MR) is 102 cm³/mol. The highest BCUT2D eigenvalue weighted by atomic mass is 16.5. The lowest BCUT2D eigenvalue weighted by Gasteiger charge is -2.27. The molecule has 0 bridgehead atoms. The smallest absolute Gasteiger partial charge is 0.265 e. The zero-order valence-electron chi connectivity index (χ0n) is 15.4. The maximum Gasteiger partial charge on any atom is 0.265 e. The number of benzene rings is 2. The third kappa shape index (κ3) is 5.07. The average molecular weight is 354 g/mol. The van der Waals surface area contributed by atoms with Crippen LogP contribution in [0.3, 0.4) is 0 Å². The van der Waals surface area contributed by atoms with Crippen LogP contribution in [0.1, 0.15) is 18.1 Å². The van der Waals surface area contributed by atoms with E-state index in [9.17, 15) is 4.79 Å². The Morgan fingerprint density at radius 3 is 2.58 bits per heavy atom. The van der Waals surface area contributed by atoms with Crippen LogP contribution in [-0.4, -0.2) is 43.2 Å². The van der Waals surface area contributed by atoms with Gasteiger partial charge in [-0.1, -0.05) is 35.9 Å². The molecule has 0 aliphatic carbocycles. The van der Waals surface area contributed by atoms with Gasteiger partial charge in [0.1, 0.15) is 5.75 Å². The number of nitrogens with one attached hydrogen (secondary N) is 1. The Labute approximate surface area is 154 Å². The molecule has 5 heteroatoms. The monoisotopic (exact) mass is 354 g/mol. The number of rotatable bonds is 6. The van der Waals surface area contributed by atoms with E-state index < -0.39 is 6.10 Å². The lowest BCUT2D eigenvalue weighted by Crippen LogP contribution is -2.36. The average Bonchev–Trinajstić information content (AvgIpc) is 2.66. The second-order valence-corrected chi connectivity index (χ2v) is 6.61. The number of anilines is 1. The second-order valence-electron chi connectivity index (χ2n) is 6.61. The van der Waals surface area contributed by atoms with E-state index in [-0.39, 0.29) is 5.91 Å². The molecule has 1 fully saturated rings. The van der Waals surface area contributed by atoms with E-state index in [2.05, 4.69) is 16.3 Å². The maximum atomic E-state index is 12.6. The van der Waals surface area contributed by atoms with E-state index >= 15 is 0 Å². The van der Waals surface area contributed by atoms with Crippen molar-refractivity contribution in [2.24, 2.45) is 0 Å². The standard InChI is InChI=1S/C21H26N2O3/c1-16-7-9-19(10-8-16)26-17(2)21(24)22-20-6-4-3-5-18(20)15-23-11-13-25-14-12-23/h3-10,17H,11-15H2,1-2H3,(H,22,24). The third-order valence-corrected chi connectivity index (χ3v) is 4.48. The van der Waals surface area contributed by atoms with Crippen LogP contribution in [0, 0.1) is 6.92 Å². The first-order valence-corrected chi connectivity index (χ1v) is 9.04. The van der Waals surface area contributed by atoms with E-state index in [1.165, 1.54) is 0 Å². The number of aryl methyl sites for hydroxylation is 1. The number of hydrogen-bond acceptors (Lipinski definition) is 4. The fraction of sp³-hybridized carbons (Fsp3) is 0.381. The van der Waals surface area contributed by atoms with Crippen molar-refractivity contribution < 1.29 is 14.3 Å². The SMILES string of the molecule is Cc1ccc(OC(C)C(=O)Nc2ccccc2CN2CCOCC2)cc1. The van der Waals surface area contributed by atoms with Gasteiger partial charge in [-0.05, 0) is 37.6 Å².